The van der Waals surface area contributed by atoms with Crippen LogP contribution in [0.25, 0.3) is 10.9 Å². The van der Waals surface area contributed by atoms with Crippen LogP contribution < -0.4 is 5.32 Å². The maximum absolute atomic E-state index is 11.1. The summed E-state index contributed by atoms with van der Waals surface area (Å²) < 4.78 is 0.785. The minimum atomic E-state index is -1.26. The van der Waals surface area contributed by atoms with Gasteiger partial charge < -0.3 is 15.5 Å². The molecule has 104 valence electrons. The Balaban J connectivity index is 2.39. The van der Waals surface area contributed by atoms with Gasteiger partial charge in [0, 0.05) is 9.86 Å². The third-order valence-corrected chi connectivity index (χ3v) is 3.08. The molecule has 0 spiro atoms. The van der Waals surface area contributed by atoms with Gasteiger partial charge in [0.25, 0.3) is 0 Å². The molecule has 20 heavy (non-hydrogen) atoms. The standard InChI is InChI=1S/C12H10BrN3O4/c13-6-1-2-8-7(3-6)11(15-5-14-8)16-9(12(19)20)4-10(17)18/h1-3,5,9H,4H2,(H,17,18)(H,19,20)(H,14,15,16). The number of aliphatic carboxylic acids is 2. The lowest BCUT2D eigenvalue weighted by Crippen LogP contribution is -2.32. The molecular weight excluding hydrogens is 330 g/mol. The highest BCUT2D eigenvalue weighted by Gasteiger charge is 2.22. The number of nitrogens with one attached hydrogen (secondary N) is 1. The maximum atomic E-state index is 11.1. The van der Waals surface area contributed by atoms with Gasteiger partial charge in [0.2, 0.25) is 0 Å². The summed E-state index contributed by atoms with van der Waals surface area (Å²) in [6.07, 6.45) is 0.743. The Kier molecular flexibility index (Phi) is 4.14. The van der Waals surface area contributed by atoms with Crippen molar-refractivity contribution < 1.29 is 19.8 Å². The third-order valence-electron chi connectivity index (χ3n) is 2.59. The molecule has 1 unspecified atom stereocenters. The van der Waals surface area contributed by atoms with Crippen molar-refractivity contribution in [2.75, 3.05) is 5.32 Å². The average Bonchev–Trinajstić information content (AvgIpc) is 2.38. The maximum Gasteiger partial charge on any atom is 0.326 e. The highest BCUT2D eigenvalue weighted by atomic mass is 79.9. The minimum absolute atomic E-state index is 0.282. The van der Waals surface area contributed by atoms with Gasteiger partial charge in [0.15, 0.2) is 0 Å². The second kappa shape index (κ2) is 5.83. The van der Waals surface area contributed by atoms with Crippen molar-refractivity contribution >= 4 is 44.6 Å². The number of fused-ring (bicyclic) bond motifs is 1. The average molecular weight is 340 g/mol. The monoisotopic (exact) mass is 339 g/mol. The fourth-order valence-corrected chi connectivity index (χ4v) is 2.04. The molecule has 0 saturated carbocycles. The van der Waals surface area contributed by atoms with Crippen LogP contribution in [0.15, 0.2) is 29.0 Å². The summed E-state index contributed by atoms with van der Waals surface area (Å²) >= 11 is 3.31. The number of nitrogens with zero attached hydrogens (tertiary/aromatic N) is 2. The summed E-state index contributed by atoms with van der Waals surface area (Å²) in [5.74, 6) is -2.18. The van der Waals surface area contributed by atoms with Gasteiger partial charge in [-0.2, -0.15) is 0 Å². The Morgan fingerprint density at radius 3 is 2.70 bits per heavy atom. The molecule has 0 aliphatic rings. The summed E-state index contributed by atoms with van der Waals surface area (Å²) in [7, 11) is 0. The normalized spacial score (nSPS) is 12.1. The summed E-state index contributed by atoms with van der Waals surface area (Å²) in [4.78, 5) is 29.8. The SMILES string of the molecule is O=C(O)CC(Nc1ncnc2ccc(Br)cc12)C(=O)O. The number of benzene rings is 1. The van der Waals surface area contributed by atoms with Gasteiger partial charge in [-0.1, -0.05) is 15.9 Å². The van der Waals surface area contributed by atoms with E-state index in [0.717, 1.165) is 4.47 Å². The molecule has 0 amide bonds. The van der Waals surface area contributed by atoms with Crippen molar-refractivity contribution in [3.8, 4) is 0 Å². The van der Waals surface area contributed by atoms with Crippen molar-refractivity contribution in [3.63, 3.8) is 0 Å². The van der Waals surface area contributed by atoms with E-state index in [1.54, 1.807) is 18.2 Å². The first-order chi connectivity index (χ1) is 9.47. The quantitative estimate of drug-likeness (QED) is 0.760. The summed E-state index contributed by atoms with van der Waals surface area (Å²) in [5, 5.41) is 21.0. The smallest absolute Gasteiger partial charge is 0.326 e. The van der Waals surface area contributed by atoms with Crippen LogP contribution in [0.3, 0.4) is 0 Å². The molecule has 2 rings (SSSR count). The molecular formula is C12H10BrN3O4. The zero-order chi connectivity index (χ0) is 14.7. The van der Waals surface area contributed by atoms with Gasteiger partial charge in [0.05, 0.1) is 11.9 Å². The topological polar surface area (TPSA) is 112 Å². The fraction of sp³-hybridized carbons (Fsp3) is 0.167. The first-order valence-corrected chi connectivity index (χ1v) is 6.38. The number of aromatic nitrogens is 2. The Bertz CT molecular complexity index is 677. The summed E-state index contributed by atoms with van der Waals surface area (Å²) in [5.41, 5.74) is 0.630. The molecule has 8 heteroatoms. The first kappa shape index (κ1) is 14.2. The Labute approximate surface area is 121 Å². The molecule has 0 radical (unpaired) electrons. The van der Waals surface area contributed by atoms with E-state index >= 15 is 0 Å². The molecule has 1 aromatic heterocycles. The number of carboxylic acids is 2. The predicted octanol–water partition coefficient (Wildman–Crippen LogP) is 1.73. The van der Waals surface area contributed by atoms with Crippen LogP contribution in [0.2, 0.25) is 0 Å². The van der Waals surface area contributed by atoms with Crippen molar-refractivity contribution in [1.29, 1.82) is 0 Å². The van der Waals surface area contributed by atoms with Gasteiger partial charge in [-0.3, -0.25) is 4.79 Å². The lowest BCUT2D eigenvalue weighted by Gasteiger charge is -2.14. The van der Waals surface area contributed by atoms with E-state index in [9.17, 15) is 9.59 Å². The van der Waals surface area contributed by atoms with Crippen molar-refractivity contribution in [2.24, 2.45) is 0 Å². The van der Waals surface area contributed by atoms with Gasteiger partial charge >= 0.3 is 11.9 Å². The van der Waals surface area contributed by atoms with Gasteiger partial charge in [-0.25, -0.2) is 14.8 Å². The third kappa shape index (κ3) is 3.21. The van der Waals surface area contributed by atoms with Gasteiger partial charge in [0.1, 0.15) is 18.2 Å². The number of hydrogen-bond donors (Lipinski definition) is 3. The lowest BCUT2D eigenvalue weighted by atomic mass is 10.2. The number of carboxylic acid groups (broad SMARTS) is 2. The number of rotatable bonds is 5. The summed E-state index contributed by atoms with van der Waals surface area (Å²) in [6, 6.07) is 4.02. The second-order valence-corrected chi connectivity index (χ2v) is 4.93. The predicted molar refractivity (Wildman–Crippen MR) is 74.5 cm³/mol. The van der Waals surface area contributed by atoms with Crippen molar-refractivity contribution in [1.82, 2.24) is 9.97 Å². The van der Waals surface area contributed by atoms with Crippen LogP contribution in [-0.2, 0) is 9.59 Å². The molecule has 1 atom stereocenters. The molecule has 0 bridgehead atoms. The van der Waals surface area contributed by atoms with E-state index in [1.165, 1.54) is 6.33 Å². The van der Waals surface area contributed by atoms with E-state index < -0.39 is 24.4 Å². The first-order valence-electron chi connectivity index (χ1n) is 5.59. The molecule has 7 nitrogen and oxygen atoms in total. The van der Waals surface area contributed by atoms with E-state index in [0.29, 0.717) is 10.9 Å². The molecule has 0 saturated heterocycles. The Morgan fingerprint density at radius 2 is 2.05 bits per heavy atom. The molecule has 0 fully saturated rings. The van der Waals surface area contributed by atoms with Crippen LogP contribution in [-0.4, -0.2) is 38.2 Å². The zero-order valence-corrected chi connectivity index (χ0v) is 11.7. The largest absolute Gasteiger partial charge is 0.481 e. The van der Waals surface area contributed by atoms with E-state index in [4.69, 9.17) is 10.2 Å². The Hall–Kier alpha value is -2.22. The molecule has 3 N–H and O–H groups in total. The molecule has 1 aromatic carbocycles. The van der Waals surface area contributed by atoms with Crippen LogP contribution in [0.4, 0.5) is 5.82 Å². The lowest BCUT2D eigenvalue weighted by molar-refractivity contribution is -0.144. The van der Waals surface area contributed by atoms with E-state index in [-0.39, 0.29) is 5.82 Å². The van der Waals surface area contributed by atoms with Crippen LogP contribution in [0.1, 0.15) is 6.42 Å². The van der Waals surface area contributed by atoms with E-state index in [1.807, 2.05) is 0 Å². The summed E-state index contributed by atoms with van der Waals surface area (Å²) in [6.45, 7) is 0. The molecule has 1 heterocycles. The van der Waals surface area contributed by atoms with Gasteiger partial charge in [-0.15, -0.1) is 0 Å². The number of anilines is 1. The highest BCUT2D eigenvalue weighted by Crippen LogP contribution is 2.24. The highest BCUT2D eigenvalue weighted by molar-refractivity contribution is 9.10. The minimum Gasteiger partial charge on any atom is -0.481 e. The van der Waals surface area contributed by atoms with Crippen molar-refractivity contribution in [3.05, 3.63) is 29.0 Å². The van der Waals surface area contributed by atoms with Crippen molar-refractivity contribution in [2.45, 2.75) is 12.5 Å². The molecule has 0 aliphatic carbocycles. The number of carbonyl (C=O) groups is 2. The number of hydrogen-bond acceptors (Lipinski definition) is 5. The van der Waals surface area contributed by atoms with Crippen LogP contribution in [0, 0.1) is 0 Å². The fourth-order valence-electron chi connectivity index (χ4n) is 1.68. The molecule has 2 aromatic rings. The zero-order valence-electron chi connectivity index (χ0n) is 10.1. The second-order valence-electron chi connectivity index (χ2n) is 4.02. The van der Waals surface area contributed by atoms with Crippen LogP contribution in [0.5, 0.6) is 0 Å². The Morgan fingerprint density at radius 1 is 1.30 bits per heavy atom. The number of halogens is 1. The molecule has 0 aliphatic heterocycles. The van der Waals surface area contributed by atoms with Gasteiger partial charge in [-0.05, 0) is 18.2 Å². The van der Waals surface area contributed by atoms with E-state index in [2.05, 4.69) is 31.2 Å². The van der Waals surface area contributed by atoms with Crippen LogP contribution >= 0.6 is 15.9 Å².